The molecule has 4 N–H and O–H groups in total. The van der Waals surface area contributed by atoms with Crippen LogP contribution >= 0.6 is 0 Å². The van der Waals surface area contributed by atoms with Gasteiger partial charge in [-0.2, -0.15) is 0 Å². The van der Waals surface area contributed by atoms with Crippen molar-refractivity contribution in [3.8, 4) is 0 Å². The van der Waals surface area contributed by atoms with Crippen molar-refractivity contribution in [3.05, 3.63) is 60.2 Å². The van der Waals surface area contributed by atoms with Crippen LogP contribution in [0.2, 0.25) is 0 Å². The first-order valence-corrected chi connectivity index (χ1v) is 8.32. The summed E-state index contributed by atoms with van der Waals surface area (Å²) in [5.74, 6) is 0. The topological polar surface area (TPSA) is 91.5 Å². The van der Waals surface area contributed by atoms with E-state index in [4.69, 9.17) is 4.74 Å². The molecule has 7 heteroatoms. The van der Waals surface area contributed by atoms with Gasteiger partial charge in [0.15, 0.2) is 0 Å². The van der Waals surface area contributed by atoms with Crippen LogP contribution in [0.4, 0.5) is 21.0 Å². The van der Waals surface area contributed by atoms with Crippen LogP contribution in [0.25, 0.3) is 0 Å². The van der Waals surface area contributed by atoms with E-state index in [1.165, 1.54) is 0 Å². The van der Waals surface area contributed by atoms with Gasteiger partial charge >= 0.3 is 12.1 Å². The molecule has 1 unspecified atom stereocenters. The molecule has 0 radical (unpaired) electrons. The Morgan fingerprint density at radius 3 is 2.38 bits per heavy atom. The molecule has 0 spiro atoms. The van der Waals surface area contributed by atoms with E-state index in [0.717, 1.165) is 5.56 Å². The van der Waals surface area contributed by atoms with Gasteiger partial charge in [0.1, 0.15) is 0 Å². The molecule has 138 valence electrons. The van der Waals surface area contributed by atoms with Gasteiger partial charge in [0, 0.05) is 25.0 Å². The Morgan fingerprint density at radius 2 is 1.65 bits per heavy atom. The minimum Gasteiger partial charge on any atom is -0.383 e. The highest BCUT2D eigenvalue weighted by atomic mass is 16.5. The van der Waals surface area contributed by atoms with Crippen molar-refractivity contribution in [1.29, 1.82) is 0 Å². The molecule has 4 amide bonds. The van der Waals surface area contributed by atoms with Crippen molar-refractivity contribution in [2.75, 3.05) is 24.4 Å². The summed E-state index contributed by atoms with van der Waals surface area (Å²) in [6.45, 7) is 2.66. The normalized spacial score (nSPS) is 11.3. The molecule has 0 aromatic heterocycles. The highest BCUT2D eigenvalue weighted by molar-refractivity contribution is 5.99. The van der Waals surface area contributed by atoms with Crippen molar-refractivity contribution in [2.45, 2.75) is 19.5 Å². The third kappa shape index (κ3) is 6.82. The Kier molecular flexibility index (Phi) is 7.45. The number of ether oxygens (including phenoxy) is 1. The molecule has 2 aromatic rings. The molecular weight excluding hydrogens is 332 g/mol. The molecule has 2 rings (SSSR count). The van der Waals surface area contributed by atoms with Crippen LogP contribution in [-0.2, 0) is 11.3 Å². The molecule has 0 heterocycles. The average Bonchev–Trinajstić information content (AvgIpc) is 2.61. The molecule has 0 fully saturated rings. The minimum atomic E-state index is -0.326. The number of carbonyl (C=O) groups excluding carboxylic acids is 2. The van der Waals surface area contributed by atoms with E-state index in [-0.39, 0.29) is 18.1 Å². The van der Waals surface area contributed by atoms with Crippen LogP contribution in [0.15, 0.2) is 54.6 Å². The molecule has 7 nitrogen and oxygen atoms in total. The quantitative estimate of drug-likeness (QED) is 0.614. The number of carbonyl (C=O) groups is 2. The van der Waals surface area contributed by atoms with Crippen molar-refractivity contribution in [3.63, 3.8) is 0 Å². The number of anilines is 2. The number of hydrogen-bond acceptors (Lipinski definition) is 3. The Morgan fingerprint density at radius 1 is 0.962 bits per heavy atom. The van der Waals surface area contributed by atoms with E-state index in [0.29, 0.717) is 24.5 Å². The summed E-state index contributed by atoms with van der Waals surface area (Å²) >= 11 is 0. The van der Waals surface area contributed by atoms with Crippen LogP contribution in [0.3, 0.4) is 0 Å². The van der Waals surface area contributed by atoms with E-state index in [2.05, 4.69) is 21.3 Å². The minimum absolute atomic E-state index is 0.0744. The lowest BCUT2D eigenvalue weighted by molar-refractivity contribution is 0.171. The van der Waals surface area contributed by atoms with Gasteiger partial charge in [-0.3, -0.25) is 0 Å². The van der Waals surface area contributed by atoms with E-state index in [9.17, 15) is 9.59 Å². The number of methoxy groups -OCH3 is 1. The first-order valence-electron chi connectivity index (χ1n) is 8.32. The zero-order chi connectivity index (χ0) is 18.8. The third-order valence-corrected chi connectivity index (χ3v) is 3.46. The molecular formula is C19H24N4O3. The second kappa shape index (κ2) is 10.0. The standard InChI is InChI=1S/C19H24N4O3/c1-14(13-26-2)21-18(24)20-12-15-7-6-10-17(11-15)23-19(25)22-16-8-4-3-5-9-16/h3-11,14H,12-13H2,1-2H3,(H2,20,21,24)(H2,22,23,25). The largest absolute Gasteiger partial charge is 0.383 e. The summed E-state index contributed by atoms with van der Waals surface area (Å²) in [5.41, 5.74) is 2.23. The number of benzene rings is 2. The molecule has 1 atom stereocenters. The Labute approximate surface area is 153 Å². The lowest BCUT2D eigenvalue weighted by atomic mass is 10.2. The fraction of sp³-hybridized carbons (Fsp3) is 0.263. The second-order valence-corrected chi connectivity index (χ2v) is 5.83. The van der Waals surface area contributed by atoms with Gasteiger partial charge in [-0.15, -0.1) is 0 Å². The summed E-state index contributed by atoms with van der Waals surface area (Å²) in [7, 11) is 1.59. The second-order valence-electron chi connectivity index (χ2n) is 5.83. The SMILES string of the molecule is COCC(C)NC(=O)NCc1cccc(NC(=O)Nc2ccccc2)c1. The Hall–Kier alpha value is -3.06. The van der Waals surface area contributed by atoms with E-state index < -0.39 is 0 Å². The zero-order valence-corrected chi connectivity index (χ0v) is 14.9. The van der Waals surface area contributed by atoms with Crippen molar-refractivity contribution in [1.82, 2.24) is 10.6 Å². The maximum absolute atomic E-state index is 12.0. The number of rotatable bonds is 7. The van der Waals surface area contributed by atoms with Crippen LogP contribution in [0, 0.1) is 0 Å². The lowest BCUT2D eigenvalue weighted by Crippen LogP contribution is -2.42. The highest BCUT2D eigenvalue weighted by Crippen LogP contribution is 2.12. The number of urea groups is 2. The molecule has 2 aromatic carbocycles. The number of amides is 4. The molecule has 0 aliphatic heterocycles. The van der Waals surface area contributed by atoms with Gasteiger partial charge in [0.05, 0.1) is 12.6 Å². The van der Waals surface area contributed by atoms with Crippen LogP contribution < -0.4 is 21.3 Å². The van der Waals surface area contributed by atoms with Crippen molar-refractivity contribution in [2.24, 2.45) is 0 Å². The van der Waals surface area contributed by atoms with E-state index >= 15 is 0 Å². The summed E-state index contributed by atoms with van der Waals surface area (Å²) in [6, 6.07) is 15.8. The number of nitrogens with one attached hydrogen (secondary N) is 4. The number of hydrogen-bond donors (Lipinski definition) is 4. The first kappa shape index (κ1) is 19.3. The Balaban J connectivity index is 1.83. The molecule has 0 saturated carbocycles. The van der Waals surface area contributed by atoms with E-state index in [1.54, 1.807) is 13.2 Å². The monoisotopic (exact) mass is 356 g/mol. The predicted octanol–water partition coefficient (Wildman–Crippen LogP) is 3.16. The molecule has 26 heavy (non-hydrogen) atoms. The average molecular weight is 356 g/mol. The fourth-order valence-corrected chi connectivity index (χ4v) is 2.32. The molecule has 0 aliphatic carbocycles. The lowest BCUT2D eigenvalue weighted by Gasteiger charge is -2.14. The maximum atomic E-state index is 12.0. The number of para-hydroxylation sites is 1. The van der Waals surface area contributed by atoms with Gasteiger partial charge in [-0.05, 0) is 36.8 Å². The highest BCUT2D eigenvalue weighted by Gasteiger charge is 2.07. The molecule has 0 aliphatic rings. The van der Waals surface area contributed by atoms with Gasteiger partial charge in [0.25, 0.3) is 0 Å². The van der Waals surface area contributed by atoms with Crippen molar-refractivity contribution >= 4 is 23.4 Å². The summed E-state index contributed by atoms with van der Waals surface area (Å²) < 4.78 is 4.97. The molecule has 0 saturated heterocycles. The molecule has 0 bridgehead atoms. The van der Waals surface area contributed by atoms with Gasteiger partial charge < -0.3 is 26.0 Å². The van der Waals surface area contributed by atoms with Gasteiger partial charge in [-0.1, -0.05) is 30.3 Å². The van der Waals surface area contributed by atoms with Crippen LogP contribution in [-0.4, -0.2) is 31.8 Å². The maximum Gasteiger partial charge on any atom is 0.323 e. The first-order chi connectivity index (χ1) is 12.6. The van der Waals surface area contributed by atoms with Gasteiger partial charge in [0.2, 0.25) is 0 Å². The van der Waals surface area contributed by atoms with E-state index in [1.807, 2.05) is 55.5 Å². The smallest absolute Gasteiger partial charge is 0.323 e. The van der Waals surface area contributed by atoms with Crippen LogP contribution in [0.1, 0.15) is 12.5 Å². The third-order valence-electron chi connectivity index (χ3n) is 3.46. The fourth-order valence-electron chi connectivity index (χ4n) is 2.32. The van der Waals surface area contributed by atoms with Gasteiger partial charge in [-0.25, -0.2) is 9.59 Å². The van der Waals surface area contributed by atoms with Crippen molar-refractivity contribution < 1.29 is 14.3 Å². The summed E-state index contributed by atoms with van der Waals surface area (Å²) in [4.78, 5) is 23.8. The Bertz CT molecular complexity index is 722. The van der Waals surface area contributed by atoms with Crippen LogP contribution in [0.5, 0.6) is 0 Å². The zero-order valence-electron chi connectivity index (χ0n) is 14.9. The summed E-state index contributed by atoms with van der Waals surface area (Å²) in [5, 5.41) is 11.1. The summed E-state index contributed by atoms with van der Waals surface area (Å²) in [6.07, 6.45) is 0. The predicted molar refractivity (Wildman–Crippen MR) is 102 cm³/mol.